The molecule has 0 radical (unpaired) electrons. The number of hydrogen-bond acceptors (Lipinski definition) is 6. The van der Waals surface area contributed by atoms with Crippen LogP contribution in [-0.2, 0) is 0 Å². The molecule has 3 heterocycles. The second-order valence-corrected chi connectivity index (χ2v) is 8.34. The third-order valence-electron chi connectivity index (χ3n) is 4.48. The van der Waals surface area contributed by atoms with Crippen molar-refractivity contribution in [2.45, 2.75) is 25.7 Å². The highest BCUT2D eigenvalue weighted by Crippen LogP contribution is 2.32. The van der Waals surface area contributed by atoms with Gasteiger partial charge >= 0.3 is 0 Å². The van der Waals surface area contributed by atoms with E-state index in [-0.39, 0.29) is 18.3 Å². The maximum atomic E-state index is 12.6. The van der Waals surface area contributed by atoms with Crippen LogP contribution < -0.4 is 10.6 Å². The first-order chi connectivity index (χ1) is 12.7. The molecule has 142 valence electrons. The van der Waals surface area contributed by atoms with E-state index >= 15 is 0 Å². The van der Waals surface area contributed by atoms with Crippen LogP contribution in [0.15, 0.2) is 35.8 Å². The average molecular weight is 421 g/mol. The van der Waals surface area contributed by atoms with Crippen LogP contribution in [-0.4, -0.2) is 29.0 Å². The topological polar surface area (TPSA) is 66.9 Å². The SMILES string of the molecule is Cc1csc(-c2cccc(C(=O)Nc3ncc(C4CCNCC4)s3)c2)n1.Cl. The molecule has 0 aliphatic carbocycles. The number of piperidine rings is 1. The predicted octanol–water partition coefficient (Wildman–Crippen LogP) is 4.72. The second-order valence-electron chi connectivity index (χ2n) is 6.42. The van der Waals surface area contributed by atoms with Crippen molar-refractivity contribution < 1.29 is 4.79 Å². The summed E-state index contributed by atoms with van der Waals surface area (Å²) in [5.41, 5.74) is 2.58. The van der Waals surface area contributed by atoms with E-state index in [0.29, 0.717) is 16.6 Å². The highest BCUT2D eigenvalue weighted by Gasteiger charge is 2.18. The molecule has 0 spiro atoms. The van der Waals surface area contributed by atoms with Gasteiger partial charge in [0.15, 0.2) is 5.13 Å². The van der Waals surface area contributed by atoms with Crippen LogP contribution in [0.4, 0.5) is 5.13 Å². The molecule has 1 saturated heterocycles. The van der Waals surface area contributed by atoms with Gasteiger partial charge in [-0.25, -0.2) is 9.97 Å². The van der Waals surface area contributed by atoms with E-state index in [1.807, 2.05) is 42.8 Å². The summed E-state index contributed by atoms with van der Waals surface area (Å²) in [5.74, 6) is 0.419. The highest BCUT2D eigenvalue weighted by atomic mass is 35.5. The Bertz CT molecular complexity index is 918. The molecule has 1 aliphatic rings. The van der Waals surface area contributed by atoms with Gasteiger partial charge in [-0.2, -0.15) is 0 Å². The molecule has 2 N–H and O–H groups in total. The summed E-state index contributed by atoms with van der Waals surface area (Å²) in [5, 5.41) is 9.92. The molecule has 27 heavy (non-hydrogen) atoms. The number of halogens is 1. The summed E-state index contributed by atoms with van der Waals surface area (Å²) < 4.78 is 0. The molecule has 0 bridgehead atoms. The van der Waals surface area contributed by atoms with Crippen molar-refractivity contribution in [1.29, 1.82) is 0 Å². The molecule has 5 nitrogen and oxygen atoms in total. The summed E-state index contributed by atoms with van der Waals surface area (Å²) >= 11 is 3.17. The molecular weight excluding hydrogens is 400 g/mol. The van der Waals surface area contributed by atoms with Crippen molar-refractivity contribution in [2.24, 2.45) is 0 Å². The molecule has 2 aromatic heterocycles. The molecule has 3 aromatic rings. The van der Waals surface area contributed by atoms with E-state index < -0.39 is 0 Å². The van der Waals surface area contributed by atoms with E-state index in [2.05, 4.69) is 20.6 Å². The van der Waals surface area contributed by atoms with Crippen molar-refractivity contribution in [2.75, 3.05) is 18.4 Å². The third kappa shape index (κ3) is 4.73. The standard InChI is InChI=1S/C19H20N4OS2.ClH/c1-12-11-25-18(22-12)15-4-2-3-14(9-15)17(24)23-19-21-10-16(26-19)13-5-7-20-8-6-13;/h2-4,9-11,13,20H,5-8H2,1H3,(H,21,23,24);1H. The van der Waals surface area contributed by atoms with Crippen LogP contribution in [0.1, 0.15) is 39.7 Å². The quantitative estimate of drug-likeness (QED) is 0.641. The van der Waals surface area contributed by atoms with Gasteiger partial charge in [0.05, 0.1) is 0 Å². The summed E-state index contributed by atoms with van der Waals surface area (Å²) in [6.07, 6.45) is 4.17. The fourth-order valence-corrected chi connectivity index (χ4v) is 4.86. The summed E-state index contributed by atoms with van der Waals surface area (Å²) in [4.78, 5) is 22.8. The van der Waals surface area contributed by atoms with Crippen molar-refractivity contribution in [3.05, 3.63) is 52.0 Å². The van der Waals surface area contributed by atoms with Crippen molar-refractivity contribution in [3.8, 4) is 10.6 Å². The molecular formula is C19H21ClN4OS2. The summed E-state index contributed by atoms with van der Waals surface area (Å²) in [7, 11) is 0. The van der Waals surface area contributed by atoms with Gasteiger partial charge in [0.1, 0.15) is 5.01 Å². The fraction of sp³-hybridized carbons (Fsp3) is 0.316. The maximum Gasteiger partial charge on any atom is 0.257 e. The van der Waals surface area contributed by atoms with E-state index in [9.17, 15) is 4.79 Å². The monoisotopic (exact) mass is 420 g/mol. The Balaban J connectivity index is 0.00000210. The van der Waals surface area contributed by atoms with Crippen molar-refractivity contribution in [1.82, 2.24) is 15.3 Å². The minimum absolute atomic E-state index is 0. The molecule has 1 aliphatic heterocycles. The van der Waals surface area contributed by atoms with Gasteiger partial charge in [-0.15, -0.1) is 35.1 Å². The molecule has 1 fully saturated rings. The number of carbonyl (C=O) groups is 1. The number of aromatic nitrogens is 2. The van der Waals surface area contributed by atoms with E-state index in [1.54, 1.807) is 22.7 Å². The molecule has 1 amide bonds. The molecule has 0 atom stereocenters. The van der Waals surface area contributed by atoms with Crippen LogP contribution in [0.2, 0.25) is 0 Å². The van der Waals surface area contributed by atoms with Gasteiger partial charge in [0.25, 0.3) is 5.91 Å². The number of nitrogens with one attached hydrogen (secondary N) is 2. The Kier molecular flexibility index (Phi) is 6.59. The minimum atomic E-state index is -0.133. The van der Waals surface area contributed by atoms with E-state index in [4.69, 9.17) is 0 Å². The molecule has 4 rings (SSSR count). The number of amides is 1. The van der Waals surface area contributed by atoms with Gasteiger partial charge in [-0.05, 0) is 50.9 Å². The zero-order chi connectivity index (χ0) is 17.9. The first kappa shape index (κ1) is 19.9. The maximum absolute atomic E-state index is 12.6. The lowest BCUT2D eigenvalue weighted by Gasteiger charge is -2.20. The highest BCUT2D eigenvalue weighted by molar-refractivity contribution is 7.15. The number of nitrogens with zero attached hydrogens (tertiary/aromatic N) is 2. The number of thiazole rings is 2. The van der Waals surface area contributed by atoms with Crippen LogP contribution in [0.5, 0.6) is 0 Å². The van der Waals surface area contributed by atoms with Crippen molar-refractivity contribution in [3.63, 3.8) is 0 Å². The second kappa shape index (κ2) is 8.93. The lowest BCUT2D eigenvalue weighted by Crippen LogP contribution is -2.26. The Morgan fingerprint density at radius 1 is 1.30 bits per heavy atom. The lowest BCUT2D eigenvalue weighted by molar-refractivity contribution is 0.102. The number of carbonyl (C=O) groups excluding carboxylic acids is 1. The van der Waals surface area contributed by atoms with Gasteiger partial charge in [0, 0.05) is 33.3 Å². The number of anilines is 1. The molecule has 0 unspecified atom stereocenters. The lowest BCUT2D eigenvalue weighted by atomic mass is 9.97. The van der Waals surface area contributed by atoms with Crippen LogP contribution >= 0.6 is 35.1 Å². The molecule has 8 heteroatoms. The smallest absolute Gasteiger partial charge is 0.257 e. The number of rotatable bonds is 4. The largest absolute Gasteiger partial charge is 0.317 e. The predicted molar refractivity (Wildman–Crippen MR) is 114 cm³/mol. The van der Waals surface area contributed by atoms with Crippen LogP contribution in [0.3, 0.4) is 0 Å². The van der Waals surface area contributed by atoms with Gasteiger partial charge in [-0.3, -0.25) is 10.1 Å². The van der Waals surface area contributed by atoms with E-state index in [1.165, 1.54) is 4.88 Å². The Morgan fingerprint density at radius 3 is 2.85 bits per heavy atom. The first-order valence-corrected chi connectivity index (χ1v) is 10.4. The minimum Gasteiger partial charge on any atom is -0.317 e. The van der Waals surface area contributed by atoms with Gasteiger partial charge < -0.3 is 5.32 Å². The van der Waals surface area contributed by atoms with Gasteiger partial charge in [0.2, 0.25) is 0 Å². The average Bonchev–Trinajstić information content (AvgIpc) is 3.32. The summed E-state index contributed by atoms with van der Waals surface area (Å²) in [6, 6.07) is 7.58. The third-order valence-corrected chi connectivity index (χ3v) is 6.56. The summed E-state index contributed by atoms with van der Waals surface area (Å²) in [6.45, 7) is 4.07. The molecule has 0 saturated carbocycles. The zero-order valence-corrected chi connectivity index (χ0v) is 17.3. The first-order valence-electron chi connectivity index (χ1n) is 8.69. The zero-order valence-electron chi connectivity index (χ0n) is 14.9. The normalized spacial score (nSPS) is 14.6. The van der Waals surface area contributed by atoms with Crippen molar-refractivity contribution >= 4 is 46.1 Å². The van der Waals surface area contributed by atoms with Gasteiger partial charge in [-0.1, -0.05) is 12.1 Å². The Morgan fingerprint density at radius 2 is 2.11 bits per heavy atom. The number of hydrogen-bond donors (Lipinski definition) is 2. The van der Waals surface area contributed by atoms with Crippen LogP contribution in [0, 0.1) is 6.92 Å². The van der Waals surface area contributed by atoms with Crippen LogP contribution in [0.25, 0.3) is 10.6 Å². The molecule has 1 aromatic carbocycles. The van der Waals surface area contributed by atoms with E-state index in [0.717, 1.165) is 42.2 Å². The number of benzene rings is 1. The fourth-order valence-electron chi connectivity index (χ4n) is 3.09. The Labute approximate surface area is 172 Å². The number of aryl methyl sites for hydroxylation is 1. The Hall–Kier alpha value is -1.80.